The zero-order chi connectivity index (χ0) is 17.9. The third-order valence-electron chi connectivity index (χ3n) is 4.38. The van der Waals surface area contributed by atoms with E-state index >= 15 is 0 Å². The van der Waals surface area contributed by atoms with Crippen LogP contribution in [0.15, 0.2) is 53.4 Å². The molecule has 0 aromatic heterocycles. The van der Waals surface area contributed by atoms with Crippen molar-refractivity contribution >= 4 is 16.1 Å². The summed E-state index contributed by atoms with van der Waals surface area (Å²) < 4.78 is 33.7. The van der Waals surface area contributed by atoms with Gasteiger partial charge in [-0.2, -0.15) is 0 Å². The molecule has 2 aromatic rings. The number of hydrogen-bond donors (Lipinski definition) is 1. The molecule has 0 unspecified atom stereocenters. The quantitative estimate of drug-likeness (QED) is 0.848. The summed E-state index contributed by atoms with van der Waals surface area (Å²) in [6, 6.07) is 15.1. The van der Waals surface area contributed by atoms with Crippen LogP contribution in [-0.2, 0) is 16.4 Å². The van der Waals surface area contributed by atoms with Crippen LogP contribution < -0.4 is 9.46 Å². The van der Waals surface area contributed by atoms with E-state index < -0.39 is 10.0 Å². The number of nitrogens with one attached hydrogen (secondary N) is 1. The van der Waals surface area contributed by atoms with Crippen molar-refractivity contribution in [1.29, 1.82) is 0 Å². The van der Waals surface area contributed by atoms with Crippen molar-refractivity contribution in [1.82, 2.24) is 4.72 Å². The number of aryl methyl sites for hydroxylation is 1. The fraction of sp³-hybridized carbons (Fsp3) is 0.300. The lowest BCUT2D eigenvalue weighted by Gasteiger charge is -2.20. The van der Waals surface area contributed by atoms with Crippen LogP contribution in [0.2, 0.25) is 0 Å². The van der Waals surface area contributed by atoms with Gasteiger partial charge in [0, 0.05) is 6.04 Å². The molecule has 0 saturated carbocycles. The molecule has 1 atom stereocenters. The first-order valence-electron chi connectivity index (χ1n) is 8.53. The summed E-state index contributed by atoms with van der Waals surface area (Å²) >= 11 is 0. The zero-order valence-corrected chi connectivity index (χ0v) is 15.3. The van der Waals surface area contributed by atoms with Gasteiger partial charge < -0.3 is 4.74 Å². The second-order valence-corrected chi connectivity index (χ2v) is 7.92. The molecule has 1 aliphatic carbocycles. The fourth-order valence-electron chi connectivity index (χ4n) is 3.01. The van der Waals surface area contributed by atoms with Gasteiger partial charge in [0.05, 0.1) is 11.5 Å². The minimum Gasteiger partial charge on any atom is -0.494 e. The number of sulfonamides is 1. The first-order chi connectivity index (χ1) is 12.0. The molecule has 0 fully saturated rings. The largest absolute Gasteiger partial charge is 0.494 e. The number of allylic oxidation sites excluding steroid dienone is 1. The average molecular weight is 357 g/mol. The monoisotopic (exact) mass is 357 g/mol. The first kappa shape index (κ1) is 17.7. The second-order valence-electron chi connectivity index (χ2n) is 6.15. The molecule has 25 heavy (non-hydrogen) atoms. The Morgan fingerprint density at radius 1 is 1.08 bits per heavy atom. The molecule has 5 heteroatoms. The van der Waals surface area contributed by atoms with Crippen LogP contribution in [0.25, 0.3) is 6.08 Å². The summed E-state index contributed by atoms with van der Waals surface area (Å²) in [6.07, 6.45) is 3.06. The van der Waals surface area contributed by atoms with Crippen molar-refractivity contribution in [2.24, 2.45) is 0 Å². The van der Waals surface area contributed by atoms with Crippen molar-refractivity contribution in [3.05, 3.63) is 70.1 Å². The van der Waals surface area contributed by atoms with Crippen LogP contribution in [0.3, 0.4) is 0 Å². The molecule has 2 aromatic carbocycles. The highest BCUT2D eigenvalue weighted by Gasteiger charge is 2.23. The predicted molar refractivity (Wildman–Crippen MR) is 101 cm³/mol. The van der Waals surface area contributed by atoms with E-state index in [0.717, 1.165) is 23.3 Å². The van der Waals surface area contributed by atoms with E-state index in [4.69, 9.17) is 4.74 Å². The van der Waals surface area contributed by atoms with E-state index in [9.17, 15) is 8.42 Å². The van der Waals surface area contributed by atoms with E-state index in [2.05, 4.69) is 4.72 Å². The highest BCUT2D eigenvalue weighted by atomic mass is 32.2. The van der Waals surface area contributed by atoms with Gasteiger partial charge in [-0.15, -0.1) is 0 Å². The van der Waals surface area contributed by atoms with Crippen molar-refractivity contribution in [3.63, 3.8) is 0 Å². The van der Waals surface area contributed by atoms with E-state index in [0.29, 0.717) is 17.9 Å². The van der Waals surface area contributed by atoms with Gasteiger partial charge in [0.1, 0.15) is 5.75 Å². The molecule has 1 aliphatic rings. The van der Waals surface area contributed by atoms with Crippen LogP contribution in [0.4, 0.5) is 0 Å². The standard InChI is InChI=1S/C20H23NO3S/c1-3-24-19-11-8-16(9-12-19)15(2)21-25(22,23)20-13-10-17-6-4-5-7-18(17)14-20/h4-9,11-12,14-15,21H,3,10,13H2,1-2H3/t15-/m0/s1. The van der Waals surface area contributed by atoms with Gasteiger partial charge in [-0.25, -0.2) is 13.1 Å². The number of fused-ring (bicyclic) bond motifs is 1. The minimum atomic E-state index is -3.51. The summed E-state index contributed by atoms with van der Waals surface area (Å²) in [4.78, 5) is 0.448. The van der Waals surface area contributed by atoms with Crippen LogP contribution in [0.1, 0.15) is 43.0 Å². The Morgan fingerprint density at radius 2 is 1.80 bits per heavy atom. The number of ether oxygens (including phenoxy) is 1. The van der Waals surface area contributed by atoms with Crippen LogP contribution >= 0.6 is 0 Å². The molecule has 1 N–H and O–H groups in total. The molecule has 0 amide bonds. The molecule has 0 radical (unpaired) electrons. The van der Waals surface area contributed by atoms with E-state index in [1.165, 1.54) is 5.56 Å². The topological polar surface area (TPSA) is 55.4 Å². The van der Waals surface area contributed by atoms with Gasteiger partial charge in [0.15, 0.2) is 0 Å². The second kappa shape index (κ2) is 7.42. The highest BCUT2D eigenvalue weighted by molar-refractivity contribution is 7.93. The maximum absolute atomic E-state index is 12.7. The van der Waals surface area contributed by atoms with Crippen molar-refractivity contribution in [2.75, 3.05) is 6.61 Å². The Kier molecular flexibility index (Phi) is 5.25. The molecule has 0 bridgehead atoms. The van der Waals surface area contributed by atoms with Gasteiger partial charge >= 0.3 is 0 Å². The lowest BCUT2D eigenvalue weighted by atomic mass is 9.98. The van der Waals surface area contributed by atoms with Gasteiger partial charge in [-0.05, 0) is 61.6 Å². The summed E-state index contributed by atoms with van der Waals surface area (Å²) in [6.45, 7) is 4.39. The fourth-order valence-corrected chi connectivity index (χ4v) is 4.42. The third kappa shape index (κ3) is 4.11. The van der Waals surface area contributed by atoms with Crippen LogP contribution in [0.5, 0.6) is 5.75 Å². The molecule has 4 nitrogen and oxygen atoms in total. The molecular formula is C20H23NO3S. The first-order valence-corrected chi connectivity index (χ1v) is 10.0. The van der Waals surface area contributed by atoms with Crippen molar-refractivity contribution < 1.29 is 13.2 Å². The molecule has 0 aliphatic heterocycles. The predicted octanol–water partition coefficient (Wildman–Crippen LogP) is 4.05. The van der Waals surface area contributed by atoms with Crippen molar-refractivity contribution in [3.8, 4) is 5.75 Å². The van der Waals surface area contributed by atoms with Crippen LogP contribution in [-0.4, -0.2) is 15.0 Å². The summed E-state index contributed by atoms with van der Waals surface area (Å²) in [5.41, 5.74) is 3.09. The highest BCUT2D eigenvalue weighted by Crippen LogP contribution is 2.28. The summed E-state index contributed by atoms with van der Waals surface area (Å²) in [5, 5.41) is 0. The summed E-state index contributed by atoms with van der Waals surface area (Å²) in [7, 11) is -3.51. The van der Waals surface area contributed by atoms with Gasteiger partial charge in [-0.3, -0.25) is 0 Å². The van der Waals surface area contributed by atoms with E-state index in [1.807, 2.05) is 62.4 Å². The Hall–Kier alpha value is -2.11. The Morgan fingerprint density at radius 3 is 2.52 bits per heavy atom. The Balaban J connectivity index is 1.76. The molecule has 0 heterocycles. The molecular weight excluding hydrogens is 334 g/mol. The number of hydrogen-bond acceptors (Lipinski definition) is 3. The maximum Gasteiger partial charge on any atom is 0.237 e. The van der Waals surface area contributed by atoms with Gasteiger partial charge in [0.2, 0.25) is 10.0 Å². The third-order valence-corrected chi connectivity index (χ3v) is 6.06. The molecule has 3 rings (SSSR count). The zero-order valence-electron chi connectivity index (χ0n) is 14.5. The lowest BCUT2D eigenvalue weighted by molar-refractivity contribution is 0.340. The van der Waals surface area contributed by atoms with Gasteiger partial charge in [-0.1, -0.05) is 36.4 Å². The molecule has 132 valence electrons. The SMILES string of the molecule is CCOc1ccc([C@H](C)NS(=O)(=O)C2=Cc3ccccc3CC2)cc1. The molecule has 0 spiro atoms. The molecule has 0 saturated heterocycles. The van der Waals surface area contributed by atoms with E-state index in [-0.39, 0.29) is 6.04 Å². The lowest BCUT2D eigenvalue weighted by Crippen LogP contribution is -2.28. The maximum atomic E-state index is 12.7. The van der Waals surface area contributed by atoms with Gasteiger partial charge in [0.25, 0.3) is 0 Å². The number of rotatable bonds is 6. The summed E-state index contributed by atoms with van der Waals surface area (Å²) in [5.74, 6) is 0.785. The normalized spacial score (nSPS) is 15.2. The Bertz CT molecular complexity index is 870. The Labute approximate surface area is 149 Å². The number of benzene rings is 2. The van der Waals surface area contributed by atoms with Crippen LogP contribution in [0, 0.1) is 0 Å². The van der Waals surface area contributed by atoms with E-state index in [1.54, 1.807) is 6.08 Å². The average Bonchev–Trinajstić information content (AvgIpc) is 2.62. The smallest absolute Gasteiger partial charge is 0.237 e. The minimum absolute atomic E-state index is 0.307. The van der Waals surface area contributed by atoms with Crippen molar-refractivity contribution in [2.45, 2.75) is 32.7 Å².